The molecule has 1 saturated heterocycles. The first-order valence-corrected chi connectivity index (χ1v) is 11.7. The van der Waals surface area contributed by atoms with E-state index in [4.69, 9.17) is 4.98 Å². The van der Waals surface area contributed by atoms with E-state index in [0.29, 0.717) is 6.54 Å². The molecule has 30 heavy (non-hydrogen) atoms. The molecule has 0 saturated carbocycles. The van der Waals surface area contributed by atoms with Crippen LogP contribution in [0.15, 0.2) is 11.1 Å². The van der Waals surface area contributed by atoms with Crippen LogP contribution in [0.4, 0.5) is 5.82 Å². The molecule has 0 amide bonds. The number of hydrogen-bond donors (Lipinski definition) is 1. The Morgan fingerprint density at radius 1 is 0.933 bits per heavy atom. The van der Waals surface area contributed by atoms with Gasteiger partial charge >= 0.3 is 0 Å². The highest BCUT2D eigenvalue weighted by Gasteiger charge is 2.23. The van der Waals surface area contributed by atoms with Gasteiger partial charge in [-0.3, -0.25) is 9.69 Å². The van der Waals surface area contributed by atoms with Crippen molar-refractivity contribution in [2.75, 3.05) is 31.1 Å². The number of hydrogen-bond acceptors (Lipinski definition) is 8. The summed E-state index contributed by atoms with van der Waals surface area (Å²) in [5.74, 6) is 1.79. The van der Waals surface area contributed by atoms with Gasteiger partial charge in [-0.2, -0.15) is 0 Å². The molecule has 1 aliphatic rings. The topological polar surface area (TPSA) is 78.0 Å². The molecule has 4 aromatic rings. The third kappa shape index (κ3) is 3.21. The summed E-state index contributed by atoms with van der Waals surface area (Å²) in [5.41, 5.74) is 2.30. The van der Waals surface area contributed by atoms with Gasteiger partial charge in [-0.25, -0.2) is 15.0 Å². The highest BCUT2D eigenvalue weighted by Crippen LogP contribution is 2.34. The average molecular weight is 441 g/mol. The standard InChI is InChI=1S/C21H24N6OS2/c1-11-13(3)29-20-16(11)18(22-10-23-20)27-7-5-26(6-8-27)9-15-24-19(28)17-12(2)14(4)30-21(17)25-15/h10H,5-9H2,1-4H3,(H,24,25,28). The lowest BCUT2D eigenvalue weighted by Crippen LogP contribution is -2.46. The monoisotopic (exact) mass is 440 g/mol. The number of aromatic amines is 1. The first kappa shape index (κ1) is 19.6. The fraction of sp³-hybridized carbons (Fsp3) is 0.429. The fourth-order valence-corrected chi connectivity index (χ4v) is 6.15. The summed E-state index contributed by atoms with van der Waals surface area (Å²) < 4.78 is 0. The molecule has 0 aliphatic carbocycles. The van der Waals surface area contributed by atoms with Crippen LogP contribution < -0.4 is 10.5 Å². The van der Waals surface area contributed by atoms with Gasteiger partial charge in [0.15, 0.2) is 0 Å². The molecule has 4 aromatic heterocycles. The van der Waals surface area contributed by atoms with Crippen molar-refractivity contribution >= 4 is 48.9 Å². The van der Waals surface area contributed by atoms with Crippen molar-refractivity contribution in [2.45, 2.75) is 34.2 Å². The number of rotatable bonds is 3. The van der Waals surface area contributed by atoms with Gasteiger partial charge in [-0.05, 0) is 38.8 Å². The Balaban J connectivity index is 1.34. The molecule has 0 unspecified atom stereocenters. The number of piperazine rings is 1. The number of aromatic nitrogens is 4. The lowest BCUT2D eigenvalue weighted by Gasteiger charge is -2.35. The lowest BCUT2D eigenvalue weighted by atomic mass is 10.2. The second-order valence-corrected chi connectivity index (χ2v) is 10.3. The van der Waals surface area contributed by atoms with E-state index in [1.807, 2.05) is 13.8 Å². The average Bonchev–Trinajstić information content (AvgIpc) is 3.18. The van der Waals surface area contributed by atoms with Gasteiger partial charge in [0.2, 0.25) is 0 Å². The Morgan fingerprint density at radius 3 is 2.33 bits per heavy atom. The van der Waals surface area contributed by atoms with Crippen LogP contribution in [0.25, 0.3) is 20.4 Å². The highest BCUT2D eigenvalue weighted by atomic mass is 32.1. The second-order valence-electron chi connectivity index (χ2n) is 7.90. The third-order valence-electron chi connectivity index (χ3n) is 6.08. The number of thiophene rings is 2. The smallest absolute Gasteiger partial charge is 0.259 e. The van der Waals surface area contributed by atoms with Crippen LogP contribution in [0.3, 0.4) is 0 Å². The van der Waals surface area contributed by atoms with Crippen LogP contribution in [-0.4, -0.2) is 51.0 Å². The van der Waals surface area contributed by atoms with E-state index in [0.717, 1.165) is 63.3 Å². The minimum Gasteiger partial charge on any atom is -0.353 e. The van der Waals surface area contributed by atoms with Gasteiger partial charge in [0.25, 0.3) is 5.56 Å². The molecule has 0 atom stereocenters. The molecule has 0 radical (unpaired) electrons. The van der Waals surface area contributed by atoms with Gasteiger partial charge in [-0.1, -0.05) is 0 Å². The van der Waals surface area contributed by atoms with Gasteiger partial charge in [-0.15, -0.1) is 22.7 Å². The summed E-state index contributed by atoms with van der Waals surface area (Å²) in [7, 11) is 0. The van der Waals surface area contributed by atoms with Crippen molar-refractivity contribution in [3.8, 4) is 0 Å². The van der Waals surface area contributed by atoms with Gasteiger partial charge in [0, 0.05) is 35.9 Å². The molecular weight excluding hydrogens is 416 g/mol. The molecule has 0 spiro atoms. The molecule has 0 aromatic carbocycles. The van der Waals surface area contributed by atoms with Crippen LogP contribution in [0, 0.1) is 27.7 Å². The van der Waals surface area contributed by atoms with Crippen molar-refractivity contribution in [1.29, 1.82) is 0 Å². The minimum atomic E-state index is -0.0258. The van der Waals surface area contributed by atoms with E-state index in [1.54, 1.807) is 29.0 Å². The summed E-state index contributed by atoms with van der Waals surface area (Å²) >= 11 is 3.34. The predicted molar refractivity (Wildman–Crippen MR) is 124 cm³/mol. The summed E-state index contributed by atoms with van der Waals surface area (Å²) in [6.07, 6.45) is 1.67. The Hall–Kier alpha value is -2.36. The summed E-state index contributed by atoms with van der Waals surface area (Å²) in [5, 5.41) is 1.92. The molecule has 1 N–H and O–H groups in total. The van der Waals surface area contributed by atoms with Gasteiger partial charge in [0.05, 0.1) is 17.3 Å². The van der Waals surface area contributed by atoms with E-state index < -0.39 is 0 Å². The molecule has 1 aliphatic heterocycles. The molecule has 7 nitrogen and oxygen atoms in total. The first-order chi connectivity index (χ1) is 14.4. The first-order valence-electron chi connectivity index (χ1n) is 10.1. The molecule has 9 heteroatoms. The van der Waals surface area contributed by atoms with E-state index in [-0.39, 0.29) is 5.56 Å². The number of nitrogens with one attached hydrogen (secondary N) is 1. The quantitative estimate of drug-likeness (QED) is 0.525. The number of aryl methyl sites for hydroxylation is 4. The zero-order valence-corrected chi connectivity index (χ0v) is 19.2. The van der Waals surface area contributed by atoms with Crippen molar-refractivity contribution in [1.82, 2.24) is 24.8 Å². The fourth-order valence-electron chi connectivity index (χ4n) is 4.11. The van der Waals surface area contributed by atoms with Crippen LogP contribution in [-0.2, 0) is 6.54 Å². The van der Waals surface area contributed by atoms with Crippen molar-refractivity contribution in [3.63, 3.8) is 0 Å². The van der Waals surface area contributed by atoms with E-state index in [2.05, 4.69) is 38.6 Å². The summed E-state index contributed by atoms with van der Waals surface area (Å²) in [4.78, 5) is 38.4. The Labute approximate surface area is 182 Å². The molecular formula is C21H24N6OS2. The Morgan fingerprint density at radius 2 is 1.60 bits per heavy atom. The normalized spacial score (nSPS) is 15.5. The molecule has 1 fully saturated rings. The lowest BCUT2D eigenvalue weighted by molar-refractivity contribution is 0.244. The Kier molecular flexibility index (Phi) is 4.83. The third-order valence-corrected chi connectivity index (χ3v) is 8.30. The number of H-pyrrole nitrogens is 1. The van der Waals surface area contributed by atoms with Gasteiger partial charge in [0.1, 0.15) is 27.6 Å². The second kappa shape index (κ2) is 7.40. The van der Waals surface area contributed by atoms with Gasteiger partial charge < -0.3 is 9.88 Å². The van der Waals surface area contributed by atoms with Crippen LogP contribution in [0.1, 0.15) is 26.7 Å². The molecule has 5 heterocycles. The predicted octanol–water partition coefficient (Wildman–Crippen LogP) is 3.55. The molecule has 5 rings (SSSR count). The Bertz CT molecular complexity index is 1310. The zero-order valence-electron chi connectivity index (χ0n) is 17.6. The van der Waals surface area contributed by atoms with Crippen LogP contribution in [0.2, 0.25) is 0 Å². The van der Waals surface area contributed by atoms with Crippen molar-refractivity contribution < 1.29 is 0 Å². The maximum Gasteiger partial charge on any atom is 0.259 e. The number of anilines is 1. The van der Waals surface area contributed by atoms with E-state index in [9.17, 15) is 4.79 Å². The van der Waals surface area contributed by atoms with Crippen molar-refractivity contribution in [3.05, 3.63) is 43.4 Å². The highest BCUT2D eigenvalue weighted by molar-refractivity contribution is 7.19. The molecule has 0 bridgehead atoms. The maximum absolute atomic E-state index is 12.5. The van der Waals surface area contributed by atoms with E-state index >= 15 is 0 Å². The minimum absolute atomic E-state index is 0.0258. The zero-order chi connectivity index (χ0) is 21.0. The summed E-state index contributed by atoms with van der Waals surface area (Å²) in [6.45, 7) is 12.6. The molecule has 156 valence electrons. The number of nitrogens with zero attached hydrogens (tertiary/aromatic N) is 5. The van der Waals surface area contributed by atoms with Crippen LogP contribution in [0.5, 0.6) is 0 Å². The summed E-state index contributed by atoms with van der Waals surface area (Å²) in [6, 6.07) is 0. The van der Waals surface area contributed by atoms with Crippen molar-refractivity contribution in [2.24, 2.45) is 0 Å². The SMILES string of the molecule is Cc1sc2ncnc(N3CCN(Cc4nc5sc(C)c(C)c5c(=O)[nH]4)CC3)c2c1C. The maximum atomic E-state index is 12.5. The number of fused-ring (bicyclic) bond motifs is 2. The van der Waals surface area contributed by atoms with E-state index in [1.165, 1.54) is 15.8 Å². The van der Waals surface area contributed by atoms with Crippen LogP contribution >= 0.6 is 22.7 Å². The largest absolute Gasteiger partial charge is 0.353 e.